The zero-order valence-corrected chi connectivity index (χ0v) is 18.2. The van der Waals surface area contributed by atoms with E-state index in [0.29, 0.717) is 14.5 Å². The van der Waals surface area contributed by atoms with Crippen LogP contribution in [-0.2, 0) is 0 Å². The van der Waals surface area contributed by atoms with E-state index in [1.165, 1.54) is 40.8 Å². The topological polar surface area (TPSA) is 26.3 Å². The predicted octanol–water partition coefficient (Wildman–Crippen LogP) is 7.88. The molecule has 146 valence electrons. The molecule has 0 saturated heterocycles. The first-order valence-electron chi connectivity index (χ1n) is 10.2. The van der Waals surface area contributed by atoms with Gasteiger partial charge in [-0.05, 0) is 0 Å². The van der Waals surface area contributed by atoms with Crippen LogP contribution in [0.3, 0.4) is 0 Å². The molecule has 0 bridgehead atoms. The number of hydrogen-bond donors (Lipinski definition) is 0. The second-order valence-corrected chi connectivity index (χ2v) is 10.2. The second-order valence-electron chi connectivity index (χ2n) is 7.88. The van der Waals surface area contributed by atoms with Gasteiger partial charge in [-0.3, -0.25) is 0 Å². The van der Waals surface area contributed by atoms with Gasteiger partial charge in [0.2, 0.25) is 0 Å². The molecule has 0 saturated carbocycles. The molecule has 0 fully saturated rings. The third-order valence-electron chi connectivity index (χ3n) is 6.00. The SMILES string of the molecule is c1coc(-c2ccc3cc4[se]c5cc6ccc(-c7ccco7)cc6cc5c4cc3c2)c1. The van der Waals surface area contributed by atoms with Crippen LogP contribution in [0.1, 0.15) is 0 Å². The molecule has 0 aliphatic rings. The molecule has 0 atom stereocenters. The first-order chi connectivity index (χ1) is 15.3. The van der Waals surface area contributed by atoms with Crippen LogP contribution in [-0.4, -0.2) is 14.5 Å². The Hall–Kier alpha value is -3.52. The van der Waals surface area contributed by atoms with Gasteiger partial charge in [0.25, 0.3) is 0 Å². The molecule has 0 spiro atoms. The second kappa shape index (κ2) is 6.49. The summed E-state index contributed by atoms with van der Waals surface area (Å²) in [4.78, 5) is 0. The van der Waals surface area contributed by atoms with Crippen molar-refractivity contribution in [2.24, 2.45) is 0 Å². The summed E-state index contributed by atoms with van der Waals surface area (Å²) in [5.74, 6) is 1.81. The van der Waals surface area contributed by atoms with E-state index in [1.807, 2.05) is 24.3 Å². The van der Waals surface area contributed by atoms with E-state index in [2.05, 4.69) is 60.7 Å². The molecule has 0 radical (unpaired) electrons. The van der Waals surface area contributed by atoms with Crippen molar-refractivity contribution in [2.75, 3.05) is 0 Å². The Morgan fingerprint density at radius 2 is 1.00 bits per heavy atom. The average Bonchev–Trinajstić information content (AvgIpc) is 3.57. The van der Waals surface area contributed by atoms with Crippen LogP contribution in [0.5, 0.6) is 0 Å². The molecule has 0 unspecified atom stereocenters. The summed E-state index contributed by atoms with van der Waals surface area (Å²) < 4.78 is 14.1. The van der Waals surface area contributed by atoms with E-state index in [0.717, 1.165) is 22.6 Å². The number of benzene rings is 4. The van der Waals surface area contributed by atoms with Crippen LogP contribution in [0, 0.1) is 0 Å². The zero-order valence-electron chi connectivity index (χ0n) is 16.5. The molecule has 3 heteroatoms. The minimum absolute atomic E-state index is 0.326. The normalized spacial score (nSPS) is 11.9. The molecule has 2 nitrogen and oxygen atoms in total. The first-order valence-corrected chi connectivity index (χ1v) is 11.9. The molecule has 0 aliphatic heterocycles. The molecule has 0 amide bonds. The van der Waals surface area contributed by atoms with Crippen LogP contribution in [0.25, 0.3) is 63.5 Å². The van der Waals surface area contributed by atoms with Crippen molar-refractivity contribution in [1.82, 2.24) is 0 Å². The molecule has 7 rings (SSSR count). The molecular formula is C28H16O2Se. The van der Waals surface area contributed by atoms with E-state index in [9.17, 15) is 0 Å². The van der Waals surface area contributed by atoms with Crippen molar-refractivity contribution in [3.8, 4) is 22.6 Å². The standard InChI is InChI=1S/C28H16O2Se/c1-3-25(29-9-1)19-7-5-17-15-27-23(13-21(17)11-19)24-14-22-12-20(26-4-2-10-30-26)8-6-18(22)16-28(24)31-27/h1-16H. The molecule has 0 aliphatic carbocycles. The Kier molecular flexibility index (Phi) is 3.60. The van der Waals surface area contributed by atoms with Gasteiger partial charge in [0.05, 0.1) is 0 Å². The molecule has 7 aromatic rings. The first kappa shape index (κ1) is 17.2. The third-order valence-corrected chi connectivity index (χ3v) is 8.34. The Balaban J connectivity index is 1.47. The van der Waals surface area contributed by atoms with Crippen molar-refractivity contribution < 1.29 is 8.83 Å². The Morgan fingerprint density at radius 1 is 0.484 bits per heavy atom. The monoisotopic (exact) mass is 464 g/mol. The van der Waals surface area contributed by atoms with Gasteiger partial charge in [-0.1, -0.05) is 0 Å². The molecule has 0 N–H and O–H groups in total. The van der Waals surface area contributed by atoms with Crippen molar-refractivity contribution >= 4 is 55.3 Å². The van der Waals surface area contributed by atoms with Crippen LogP contribution in [0.2, 0.25) is 0 Å². The molecule has 4 aromatic carbocycles. The fourth-order valence-electron chi connectivity index (χ4n) is 4.45. The maximum atomic E-state index is 5.60. The minimum atomic E-state index is 0.326. The van der Waals surface area contributed by atoms with Gasteiger partial charge in [0, 0.05) is 0 Å². The van der Waals surface area contributed by atoms with Crippen LogP contribution < -0.4 is 0 Å². The Bertz CT molecular complexity index is 1590. The van der Waals surface area contributed by atoms with Crippen molar-refractivity contribution in [2.45, 2.75) is 0 Å². The van der Waals surface area contributed by atoms with E-state index in [1.54, 1.807) is 12.5 Å². The van der Waals surface area contributed by atoms with Crippen LogP contribution in [0.4, 0.5) is 0 Å². The fraction of sp³-hybridized carbons (Fsp3) is 0. The molecular weight excluding hydrogens is 447 g/mol. The number of fused-ring (bicyclic) bond motifs is 5. The number of rotatable bonds is 2. The Morgan fingerprint density at radius 3 is 1.45 bits per heavy atom. The van der Waals surface area contributed by atoms with Crippen LogP contribution in [0.15, 0.2) is 106 Å². The van der Waals surface area contributed by atoms with E-state index < -0.39 is 0 Å². The van der Waals surface area contributed by atoms with Gasteiger partial charge in [0.15, 0.2) is 0 Å². The van der Waals surface area contributed by atoms with Gasteiger partial charge in [-0.15, -0.1) is 0 Å². The summed E-state index contributed by atoms with van der Waals surface area (Å²) >= 11 is 0.326. The average molecular weight is 463 g/mol. The summed E-state index contributed by atoms with van der Waals surface area (Å²) in [6.45, 7) is 0. The molecule has 31 heavy (non-hydrogen) atoms. The van der Waals surface area contributed by atoms with Gasteiger partial charge in [-0.25, -0.2) is 0 Å². The van der Waals surface area contributed by atoms with Gasteiger partial charge in [-0.2, -0.15) is 0 Å². The molecule has 3 aromatic heterocycles. The van der Waals surface area contributed by atoms with E-state index in [4.69, 9.17) is 8.83 Å². The van der Waals surface area contributed by atoms with Gasteiger partial charge >= 0.3 is 184 Å². The predicted molar refractivity (Wildman–Crippen MR) is 129 cm³/mol. The Labute approximate surface area is 184 Å². The number of furan rings is 2. The van der Waals surface area contributed by atoms with Gasteiger partial charge < -0.3 is 0 Å². The quantitative estimate of drug-likeness (QED) is 0.244. The summed E-state index contributed by atoms with van der Waals surface area (Å²) in [6, 6.07) is 30.5. The molecule has 3 heterocycles. The summed E-state index contributed by atoms with van der Waals surface area (Å²) in [5.41, 5.74) is 2.23. The van der Waals surface area contributed by atoms with E-state index in [-0.39, 0.29) is 0 Å². The maximum absolute atomic E-state index is 5.60. The van der Waals surface area contributed by atoms with E-state index >= 15 is 0 Å². The van der Waals surface area contributed by atoms with Gasteiger partial charge in [0.1, 0.15) is 0 Å². The van der Waals surface area contributed by atoms with Crippen molar-refractivity contribution in [3.63, 3.8) is 0 Å². The van der Waals surface area contributed by atoms with Crippen molar-refractivity contribution in [1.29, 1.82) is 0 Å². The fourth-order valence-corrected chi connectivity index (χ4v) is 6.90. The zero-order chi connectivity index (χ0) is 20.4. The third kappa shape index (κ3) is 2.71. The summed E-state index contributed by atoms with van der Waals surface area (Å²) in [5, 5.41) is 7.80. The number of hydrogen-bond acceptors (Lipinski definition) is 2. The van der Waals surface area contributed by atoms with Crippen LogP contribution >= 0.6 is 0 Å². The van der Waals surface area contributed by atoms with Crippen molar-refractivity contribution in [3.05, 3.63) is 97.5 Å². The summed E-state index contributed by atoms with van der Waals surface area (Å²) in [6.07, 6.45) is 3.45. The summed E-state index contributed by atoms with van der Waals surface area (Å²) in [7, 11) is 0.